The van der Waals surface area contributed by atoms with Crippen LogP contribution < -0.4 is 9.47 Å². The van der Waals surface area contributed by atoms with Crippen molar-refractivity contribution < 1.29 is 14.3 Å². The molecule has 1 aromatic heterocycles. The molecule has 0 saturated carbocycles. The summed E-state index contributed by atoms with van der Waals surface area (Å²) in [7, 11) is 1.68. The number of aromatic nitrogens is 2. The highest BCUT2D eigenvalue weighted by molar-refractivity contribution is 5.87. The van der Waals surface area contributed by atoms with Crippen LogP contribution in [0, 0.1) is 0 Å². The summed E-state index contributed by atoms with van der Waals surface area (Å²) < 4.78 is 11.6. The van der Waals surface area contributed by atoms with Gasteiger partial charge in [-0.2, -0.15) is 0 Å². The van der Waals surface area contributed by atoms with Crippen molar-refractivity contribution in [2.45, 2.75) is 51.4 Å². The molecule has 36 heavy (non-hydrogen) atoms. The predicted octanol–water partition coefficient (Wildman–Crippen LogP) is 4.39. The molecule has 0 amide bonds. The van der Waals surface area contributed by atoms with Crippen molar-refractivity contribution >= 4 is 5.78 Å². The number of nitrogens with zero attached hydrogens (tertiary/aromatic N) is 3. The van der Waals surface area contributed by atoms with Crippen LogP contribution in [0.2, 0.25) is 0 Å². The molecule has 0 spiro atoms. The third-order valence-corrected chi connectivity index (χ3v) is 7.14. The number of aryl methyl sites for hydroxylation is 2. The van der Waals surface area contributed by atoms with Gasteiger partial charge in [-0.1, -0.05) is 24.3 Å². The van der Waals surface area contributed by atoms with E-state index in [2.05, 4.69) is 40.2 Å². The van der Waals surface area contributed by atoms with E-state index in [4.69, 9.17) is 14.5 Å². The van der Waals surface area contributed by atoms with E-state index in [-0.39, 0.29) is 0 Å². The number of benzene rings is 2. The van der Waals surface area contributed by atoms with Crippen molar-refractivity contribution in [1.82, 2.24) is 14.9 Å². The molecular formula is C30H35N3O3. The number of hydrogen-bond donors (Lipinski definition) is 0. The lowest BCUT2D eigenvalue weighted by Gasteiger charge is -2.16. The van der Waals surface area contributed by atoms with Crippen molar-refractivity contribution in [3.63, 3.8) is 0 Å². The van der Waals surface area contributed by atoms with E-state index in [1.807, 2.05) is 18.3 Å². The Hall–Kier alpha value is -3.25. The van der Waals surface area contributed by atoms with E-state index in [1.165, 1.54) is 42.6 Å². The molecule has 6 heteroatoms. The average molecular weight is 486 g/mol. The first-order valence-electron chi connectivity index (χ1n) is 13.1. The van der Waals surface area contributed by atoms with Crippen LogP contribution >= 0.6 is 0 Å². The van der Waals surface area contributed by atoms with Crippen LogP contribution in [-0.2, 0) is 36.9 Å². The first-order valence-corrected chi connectivity index (χ1v) is 13.1. The lowest BCUT2D eigenvalue weighted by molar-refractivity contribution is -0.117. The Kier molecular flexibility index (Phi) is 7.91. The number of carbonyl (C=O) groups excluding carboxylic acids is 1. The van der Waals surface area contributed by atoms with Crippen LogP contribution in [0.3, 0.4) is 0 Å². The maximum atomic E-state index is 11.7. The Balaban J connectivity index is 1.17. The SMILES string of the molecule is COc1ccc(Cc2nccc(CCc3ccc4c(c3)CC(=O)C4)n2)cc1OCCCN1CCCC1. The van der Waals surface area contributed by atoms with Gasteiger partial charge in [0.25, 0.3) is 0 Å². The van der Waals surface area contributed by atoms with Crippen LogP contribution in [0.4, 0.5) is 0 Å². The maximum Gasteiger partial charge on any atom is 0.161 e. The van der Waals surface area contributed by atoms with E-state index >= 15 is 0 Å². The number of rotatable bonds is 11. The number of carbonyl (C=O) groups is 1. The van der Waals surface area contributed by atoms with Crippen LogP contribution in [0.5, 0.6) is 11.5 Å². The van der Waals surface area contributed by atoms with Crippen molar-refractivity contribution in [1.29, 1.82) is 0 Å². The lowest BCUT2D eigenvalue weighted by Crippen LogP contribution is -2.21. The minimum Gasteiger partial charge on any atom is -0.493 e. The van der Waals surface area contributed by atoms with Gasteiger partial charge < -0.3 is 14.4 Å². The summed E-state index contributed by atoms with van der Waals surface area (Å²) in [6.07, 6.45) is 9.03. The Labute approximate surface area is 213 Å². The highest BCUT2D eigenvalue weighted by atomic mass is 16.5. The zero-order valence-electron chi connectivity index (χ0n) is 21.2. The van der Waals surface area contributed by atoms with Crippen molar-refractivity contribution in [2.24, 2.45) is 0 Å². The minimum absolute atomic E-state index is 0.316. The van der Waals surface area contributed by atoms with Gasteiger partial charge in [0, 0.05) is 37.7 Å². The van der Waals surface area contributed by atoms with Gasteiger partial charge in [0.1, 0.15) is 11.6 Å². The second kappa shape index (κ2) is 11.7. The van der Waals surface area contributed by atoms with Crippen LogP contribution in [-0.4, -0.2) is 54.0 Å². The molecule has 0 N–H and O–H groups in total. The summed E-state index contributed by atoms with van der Waals surface area (Å²) >= 11 is 0. The molecule has 6 nitrogen and oxygen atoms in total. The topological polar surface area (TPSA) is 64.5 Å². The van der Waals surface area contributed by atoms with Gasteiger partial charge in [0.2, 0.25) is 0 Å². The molecule has 0 unspecified atom stereocenters. The third kappa shape index (κ3) is 6.30. The predicted molar refractivity (Wildman–Crippen MR) is 140 cm³/mol. The normalized spacial score (nSPS) is 15.3. The van der Waals surface area contributed by atoms with Crippen molar-refractivity contribution in [3.05, 3.63) is 82.4 Å². The molecular weight excluding hydrogens is 450 g/mol. The largest absolute Gasteiger partial charge is 0.493 e. The summed E-state index contributed by atoms with van der Waals surface area (Å²) in [5.74, 6) is 2.65. The van der Waals surface area contributed by atoms with Gasteiger partial charge >= 0.3 is 0 Å². The Morgan fingerprint density at radius 1 is 0.917 bits per heavy atom. The Bertz CT molecular complexity index is 1200. The number of hydrogen-bond acceptors (Lipinski definition) is 6. The smallest absolute Gasteiger partial charge is 0.161 e. The van der Waals surface area contributed by atoms with E-state index < -0.39 is 0 Å². The van der Waals surface area contributed by atoms with Crippen molar-refractivity contribution in [2.75, 3.05) is 33.4 Å². The minimum atomic E-state index is 0.316. The molecule has 1 saturated heterocycles. The van der Waals surface area contributed by atoms with E-state index in [0.717, 1.165) is 54.4 Å². The fourth-order valence-corrected chi connectivity index (χ4v) is 5.20. The monoisotopic (exact) mass is 485 g/mol. The summed E-state index contributed by atoms with van der Waals surface area (Å²) in [4.78, 5) is 23.6. The van der Waals surface area contributed by atoms with Gasteiger partial charge in [-0.25, -0.2) is 9.97 Å². The quantitative estimate of drug-likeness (QED) is 0.375. The second-order valence-corrected chi connectivity index (χ2v) is 9.87. The van der Waals surface area contributed by atoms with Crippen LogP contribution in [0.1, 0.15) is 53.0 Å². The van der Waals surface area contributed by atoms with Crippen molar-refractivity contribution in [3.8, 4) is 11.5 Å². The molecule has 1 fully saturated rings. The highest BCUT2D eigenvalue weighted by Gasteiger charge is 2.18. The molecule has 0 atom stereocenters. The van der Waals surface area contributed by atoms with Gasteiger partial charge in [-0.15, -0.1) is 0 Å². The standard InChI is InChI=1S/C30H35N3O3/c1-35-28-10-7-23(18-29(28)36-16-4-15-33-13-2-3-14-33)19-30-31-12-11-26(32-30)9-6-22-5-8-24-20-27(34)21-25(24)17-22/h5,7-8,10-12,17-18H,2-4,6,9,13-16,19-21H2,1H3. The molecule has 2 aliphatic rings. The number of ketones is 1. The summed E-state index contributed by atoms with van der Waals surface area (Å²) in [5.41, 5.74) is 5.76. The number of likely N-dealkylation sites (tertiary alicyclic amines) is 1. The first kappa shape index (κ1) is 24.4. The van der Waals surface area contributed by atoms with Gasteiger partial charge in [-0.3, -0.25) is 4.79 Å². The Morgan fingerprint density at radius 3 is 2.61 bits per heavy atom. The molecule has 188 valence electrons. The Morgan fingerprint density at radius 2 is 1.75 bits per heavy atom. The van der Waals surface area contributed by atoms with Gasteiger partial charge in [0.15, 0.2) is 11.5 Å². The van der Waals surface area contributed by atoms with Crippen LogP contribution in [0.25, 0.3) is 0 Å². The molecule has 1 aliphatic carbocycles. The zero-order chi connectivity index (χ0) is 24.7. The summed E-state index contributed by atoms with van der Waals surface area (Å²) in [6.45, 7) is 4.20. The zero-order valence-corrected chi connectivity index (χ0v) is 21.2. The number of ether oxygens (including phenoxy) is 2. The highest BCUT2D eigenvalue weighted by Crippen LogP contribution is 2.29. The molecule has 2 heterocycles. The molecule has 0 bridgehead atoms. The summed E-state index contributed by atoms with van der Waals surface area (Å²) in [5, 5.41) is 0. The van der Waals surface area contributed by atoms with E-state index in [1.54, 1.807) is 7.11 Å². The number of methoxy groups -OCH3 is 1. The van der Waals surface area contributed by atoms with E-state index in [0.29, 0.717) is 31.7 Å². The molecule has 0 radical (unpaired) electrons. The number of fused-ring (bicyclic) bond motifs is 1. The summed E-state index contributed by atoms with van der Waals surface area (Å²) in [6, 6.07) is 14.5. The second-order valence-electron chi connectivity index (χ2n) is 9.87. The van der Waals surface area contributed by atoms with E-state index in [9.17, 15) is 4.79 Å². The maximum absolute atomic E-state index is 11.7. The lowest BCUT2D eigenvalue weighted by atomic mass is 10.0. The fraction of sp³-hybridized carbons (Fsp3) is 0.433. The fourth-order valence-electron chi connectivity index (χ4n) is 5.20. The molecule has 3 aromatic rings. The molecule has 2 aromatic carbocycles. The molecule has 5 rings (SSSR count). The van der Waals surface area contributed by atoms with Gasteiger partial charge in [-0.05, 0) is 85.6 Å². The third-order valence-electron chi connectivity index (χ3n) is 7.14. The molecule has 1 aliphatic heterocycles. The average Bonchev–Trinajstić information content (AvgIpc) is 3.54. The van der Waals surface area contributed by atoms with Crippen LogP contribution in [0.15, 0.2) is 48.7 Å². The first-order chi connectivity index (χ1) is 17.7. The number of Topliss-reactive ketones (excluding diaryl/α,β-unsaturated/α-hetero) is 1. The van der Waals surface area contributed by atoms with Gasteiger partial charge in [0.05, 0.1) is 13.7 Å².